The molecule has 2 heterocycles. The second-order valence-corrected chi connectivity index (χ2v) is 7.55. The van der Waals surface area contributed by atoms with Gasteiger partial charge in [0.2, 0.25) is 0 Å². The molecule has 127 valence electrons. The Labute approximate surface area is 156 Å². The minimum Gasteiger partial charge on any atom is -0.530 e. The van der Waals surface area contributed by atoms with Crippen molar-refractivity contribution in [2.45, 2.75) is 32.6 Å². The monoisotopic (exact) mass is 499 g/mol. The van der Waals surface area contributed by atoms with Gasteiger partial charge in [-0.05, 0) is 46.9 Å². The molecule has 0 spiro atoms. The summed E-state index contributed by atoms with van der Waals surface area (Å²) in [6.07, 6.45) is 4.60. The topological polar surface area (TPSA) is 31.4 Å². The fourth-order valence-corrected chi connectivity index (χ4v) is 4.44. The predicted molar refractivity (Wildman–Crippen MR) is 87.8 cm³/mol. The van der Waals surface area contributed by atoms with Crippen molar-refractivity contribution in [3.63, 3.8) is 0 Å². The van der Waals surface area contributed by atoms with E-state index in [0.717, 1.165) is 28.7 Å². The Morgan fingerprint density at radius 3 is 2.75 bits per heavy atom. The quantitative estimate of drug-likeness (QED) is 0.557. The minimum atomic E-state index is 0. The van der Waals surface area contributed by atoms with E-state index in [0.29, 0.717) is 24.5 Å². The van der Waals surface area contributed by atoms with Crippen LogP contribution in [0.4, 0.5) is 0 Å². The van der Waals surface area contributed by atoms with Gasteiger partial charge in [0.05, 0.1) is 11.5 Å². The van der Waals surface area contributed by atoms with Crippen LogP contribution in [-0.4, -0.2) is 18.2 Å². The largest absolute Gasteiger partial charge is 0.530 e. The van der Waals surface area contributed by atoms with Gasteiger partial charge in [-0.2, -0.15) is 0 Å². The first-order valence-electron chi connectivity index (χ1n) is 8.43. The van der Waals surface area contributed by atoms with Crippen LogP contribution in [-0.2, 0) is 26.5 Å². The summed E-state index contributed by atoms with van der Waals surface area (Å²) >= 11 is 0. The van der Waals surface area contributed by atoms with Crippen molar-refractivity contribution in [1.82, 2.24) is 4.98 Å². The van der Waals surface area contributed by atoms with Crippen molar-refractivity contribution in [3.8, 4) is 22.8 Å². The van der Waals surface area contributed by atoms with Crippen LogP contribution in [0.2, 0.25) is 0 Å². The van der Waals surface area contributed by atoms with Crippen LogP contribution in [0, 0.1) is 17.4 Å². The van der Waals surface area contributed by atoms with Crippen LogP contribution < -0.4 is 9.47 Å². The Morgan fingerprint density at radius 2 is 1.96 bits per heavy atom. The average molecular weight is 499 g/mol. The van der Waals surface area contributed by atoms with Crippen molar-refractivity contribution in [2.24, 2.45) is 11.3 Å². The van der Waals surface area contributed by atoms with Crippen LogP contribution in [0.3, 0.4) is 0 Å². The third kappa shape index (κ3) is 2.23. The number of nitrogens with zero attached hydrogens (tertiary/aromatic N) is 1. The molecule has 3 aliphatic carbocycles. The van der Waals surface area contributed by atoms with Gasteiger partial charge in [0.1, 0.15) is 13.2 Å². The molecule has 1 aromatic heterocycles. The number of fused-ring (bicyclic) bond motifs is 1. The maximum atomic E-state index is 5.68. The van der Waals surface area contributed by atoms with Crippen LogP contribution in [0.15, 0.2) is 24.4 Å². The van der Waals surface area contributed by atoms with Gasteiger partial charge in [0, 0.05) is 26.3 Å². The molecule has 4 heteroatoms. The Hall–Kier alpha value is -1.38. The number of benzene rings is 1. The molecule has 1 aromatic carbocycles. The van der Waals surface area contributed by atoms with E-state index in [4.69, 9.17) is 14.5 Å². The predicted octanol–water partition coefficient (Wildman–Crippen LogP) is 4.00. The van der Waals surface area contributed by atoms with Crippen LogP contribution in [0.5, 0.6) is 11.5 Å². The van der Waals surface area contributed by atoms with E-state index in [1.807, 2.05) is 12.1 Å². The van der Waals surface area contributed by atoms with Gasteiger partial charge in [-0.1, -0.05) is 26.0 Å². The second-order valence-electron chi connectivity index (χ2n) is 7.55. The first-order chi connectivity index (χ1) is 11.1. The zero-order valence-electron chi connectivity index (χ0n) is 13.9. The van der Waals surface area contributed by atoms with Gasteiger partial charge in [-0.25, -0.2) is 0 Å². The first-order valence-corrected chi connectivity index (χ1v) is 8.43. The minimum absolute atomic E-state index is 0. The van der Waals surface area contributed by atoms with E-state index in [-0.39, 0.29) is 20.1 Å². The first kappa shape index (κ1) is 16.1. The maximum absolute atomic E-state index is 5.68. The Morgan fingerprint density at radius 1 is 1.17 bits per heavy atom. The third-order valence-electron chi connectivity index (χ3n) is 6.09. The summed E-state index contributed by atoms with van der Waals surface area (Å²) in [5.74, 6) is 3.08. The molecule has 1 fully saturated rings. The van der Waals surface area contributed by atoms with Gasteiger partial charge in [-0.15, -0.1) is 17.7 Å². The average Bonchev–Trinajstić information content (AvgIpc) is 2.60. The Bertz CT molecular complexity index is 802. The van der Waals surface area contributed by atoms with Gasteiger partial charge in [0.15, 0.2) is 0 Å². The van der Waals surface area contributed by atoms with Gasteiger partial charge >= 0.3 is 0 Å². The Kier molecular flexibility index (Phi) is 3.74. The number of ether oxygens (including phenoxy) is 2. The molecule has 1 radical (unpaired) electrons. The van der Waals surface area contributed by atoms with Crippen molar-refractivity contribution in [3.05, 3.63) is 41.6 Å². The summed E-state index contributed by atoms with van der Waals surface area (Å²) in [6.45, 7) is 6.01. The normalized spacial score (nSPS) is 25.1. The summed E-state index contributed by atoms with van der Waals surface area (Å²) < 4.78 is 11.2. The molecule has 1 saturated carbocycles. The number of hydrogen-bond acceptors (Lipinski definition) is 3. The zero-order chi connectivity index (χ0) is 15.6. The van der Waals surface area contributed by atoms with Crippen LogP contribution in [0.25, 0.3) is 11.3 Å². The molecule has 4 aliphatic rings. The standard InChI is InChI=1S/C20H20NO2.Ir/c1-20(2)14-7-13-8-17(21-11-15(13)16(20)10-14)12-3-4-18-19(9-12)23-6-5-22-18;/h4,8-9,11,14,16H,5-7,10H2,1-2H3;/q-1;. The SMILES string of the molecule is CC1(C)C2Cc3cc(-c4[c-]cc5c(c4)OCCO5)ncc3C1C2.[Ir]. The Balaban J connectivity index is 0.00000146. The fraction of sp³-hybridized carbons (Fsp3) is 0.450. The number of rotatable bonds is 1. The number of aromatic nitrogens is 1. The number of hydrogen-bond donors (Lipinski definition) is 0. The van der Waals surface area contributed by atoms with E-state index in [2.05, 4.69) is 32.2 Å². The van der Waals surface area contributed by atoms with Crippen molar-refractivity contribution in [1.29, 1.82) is 0 Å². The molecule has 0 N–H and O–H groups in total. The van der Waals surface area contributed by atoms with E-state index in [9.17, 15) is 0 Å². The van der Waals surface area contributed by atoms with Crippen LogP contribution >= 0.6 is 0 Å². The molecule has 24 heavy (non-hydrogen) atoms. The van der Waals surface area contributed by atoms with Gasteiger partial charge < -0.3 is 14.5 Å². The molecule has 0 saturated heterocycles. The molecule has 3 nitrogen and oxygen atoms in total. The fourth-order valence-electron chi connectivity index (χ4n) is 4.44. The van der Waals surface area contributed by atoms with Gasteiger partial charge in [0.25, 0.3) is 0 Å². The second kappa shape index (κ2) is 5.57. The summed E-state index contributed by atoms with van der Waals surface area (Å²) in [5, 5.41) is 0. The smallest absolute Gasteiger partial charge is 0.119 e. The van der Waals surface area contributed by atoms with E-state index in [1.165, 1.54) is 24.0 Å². The molecule has 6 rings (SSSR count). The number of pyridine rings is 1. The summed E-state index contributed by atoms with van der Waals surface area (Å²) in [5.41, 5.74) is 5.34. The molecular formula is C20H20IrNO2-. The van der Waals surface area contributed by atoms with E-state index >= 15 is 0 Å². The maximum Gasteiger partial charge on any atom is 0.119 e. The third-order valence-corrected chi connectivity index (χ3v) is 6.09. The van der Waals surface area contributed by atoms with E-state index < -0.39 is 0 Å². The summed E-state index contributed by atoms with van der Waals surface area (Å²) in [6, 6.07) is 9.41. The molecule has 0 amide bonds. The van der Waals surface area contributed by atoms with Crippen LogP contribution in [0.1, 0.15) is 37.3 Å². The van der Waals surface area contributed by atoms with Crippen molar-refractivity contribution < 1.29 is 29.6 Å². The van der Waals surface area contributed by atoms with Crippen molar-refractivity contribution in [2.75, 3.05) is 13.2 Å². The molecule has 2 atom stereocenters. The molecule has 2 bridgehead atoms. The van der Waals surface area contributed by atoms with E-state index in [1.54, 1.807) is 0 Å². The molecule has 2 aromatic rings. The summed E-state index contributed by atoms with van der Waals surface area (Å²) in [4.78, 5) is 4.72. The van der Waals surface area contributed by atoms with Crippen molar-refractivity contribution >= 4 is 0 Å². The zero-order valence-corrected chi connectivity index (χ0v) is 16.3. The molecule has 2 unspecified atom stereocenters. The molecule has 1 aliphatic heterocycles. The van der Waals surface area contributed by atoms with Gasteiger partial charge in [-0.3, -0.25) is 0 Å². The summed E-state index contributed by atoms with van der Waals surface area (Å²) in [7, 11) is 0. The molecular weight excluding hydrogens is 478 g/mol.